The summed E-state index contributed by atoms with van der Waals surface area (Å²) in [7, 11) is 0. The number of amides is 1. The van der Waals surface area contributed by atoms with Gasteiger partial charge in [0.2, 0.25) is 5.91 Å². The maximum Gasteiger partial charge on any atom is 0.222 e. The lowest BCUT2D eigenvalue weighted by Crippen LogP contribution is -2.43. The minimum Gasteiger partial charge on any atom is -0.341 e. The third-order valence-electron chi connectivity index (χ3n) is 3.86. The number of nitrogens with one attached hydrogen (secondary N) is 1. The van der Waals surface area contributed by atoms with Gasteiger partial charge in [-0.1, -0.05) is 27.2 Å². The van der Waals surface area contributed by atoms with Crippen molar-refractivity contribution in [2.24, 2.45) is 5.92 Å². The van der Waals surface area contributed by atoms with Gasteiger partial charge >= 0.3 is 0 Å². The van der Waals surface area contributed by atoms with Crippen LogP contribution in [0.15, 0.2) is 0 Å². The molecule has 18 heavy (non-hydrogen) atoms. The number of carbonyl (C=O) groups excluding carboxylic acids is 1. The van der Waals surface area contributed by atoms with Gasteiger partial charge in [0, 0.05) is 25.6 Å². The molecule has 1 saturated heterocycles. The van der Waals surface area contributed by atoms with Crippen molar-refractivity contribution in [2.45, 2.75) is 65.3 Å². The van der Waals surface area contributed by atoms with Gasteiger partial charge in [0.25, 0.3) is 0 Å². The third-order valence-corrected chi connectivity index (χ3v) is 3.86. The van der Waals surface area contributed by atoms with Crippen LogP contribution in [0, 0.1) is 5.92 Å². The predicted octanol–water partition coefficient (Wildman–Crippen LogP) is 2.80. The lowest BCUT2D eigenvalue weighted by Gasteiger charge is -2.27. The first-order chi connectivity index (χ1) is 8.67. The van der Waals surface area contributed by atoms with Crippen LogP contribution in [0.3, 0.4) is 0 Å². The van der Waals surface area contributed by atoms with Crippen molar-refractivity contribution in [3.8, 4) is 0 Å². The SMILES string of the molecule is CCCNC(CCC)CN1CCC(C)CCC1=O. The van der Waals surface area contributed by atoms with Gasteiger partial charge in [-0.2, -0.15) is 0 Å². The Labute approximate surface area is 112 Å². The van der Waals surface area contributed by atoms with Gasteiger partial charge in [-0.05, 0) is 38.1 Å². The summed E-state index contributed by atoms with van der Waals surface area (Å²) in [6.45, 7) is 9.58. The molecule has 0 aromatic rings. The van der Waals surface area contributed by atoms with Crippen LogP contribution in [0.1, 0.15) is 59.3 Å². The molecule has 1 aliphatic heterocycles. The summed E-state index contributed by atoms with van der Waals surface area (Å²) in [6, 6.07) is 0.479. The Hall–Kier alpha value is -0.570. The molecule has 0 saturated carbocycles. The summed E-state index contributed by atoms with van der Waals surface area (Å²) in [6.07, 6.45) is 6.48. The lowest BCUT2D eigenvalue weighted by molar-refractivity contribution is -0.131. The number of hydrogen-bond donors (Lipinski definition) is 1. The minimum atomic E-state index is 0.360. The van der Waals surface area contributed by atoms with E-state index in [1.54, 1.807) is 0 Å². The van der Waals surface area contributed by atoms with Crippen LogP contribution in [0.25, 0.3) is 0 Å². The molecular weight excluding hydrogens is 224 g/mol. The molecule has 0 aliphatic carbocycles. The molecule has 2 atom stereocenters. The molecule has 0 bridgehead atoms. The summed E-state index contributed by atoms with van der Waals surface area (Å²) >= 11 is 0. The van der Waals surface area contributed by atoms with Crippen molar-refractivity contribution in [3.05, 3.63) is 0 Å². The molecule has 1 N–H and O–H groups in total. The first-order valence-corrected chi connectivity index (χ1v) is 7.68. The molecule has 3 heteroatoms. The molecule has 2 unspecified atom stereocenters. The fourth-order valence-electron chi connectivity index (χ4n) is 2.59. The molecule has 3 nitrogen and oxygen atoms in total. The number of rotatable bonds is 7. The minimum absolute atomic E-state index is 0.360. The summed E-state index contributed by atoms with van der Waals surface area (Å²) in [4.78, 5) is 14.2. The van der Waals surface area contributed by atoms with E-state index in [-0.39, 0.29) is 0 Å². The quantitative estimate of drug-likeness (QED) is 0.757. The lowest BCUT2D eigenvalue weighted by atomic mass is 10.0. The zero-order valence-corrected chi connectivity index (χ0v) is 12.4. The number of carbonyl (C=O) groups is 1. The molecule has 1 aliphatic rings. The second kappa shape index (κ2) is 8.52. The van der Waals surface area contributed by atoms with Gasteiger partial charge in [0.05, 0.1) is 0 Å². The van der Waals surface area contributed by atoms with Crippen molar-refractivity contribution in [1.29, 1.82) is 0 Å². The Morgan fingerprint density at radius 1 is 1.33 bits per heavy atom. The zero-order valence-electron chi connectivity index (χ0n) is 12.4. The van der Waals surface area contributed by atoms with E-state index < -0.39 is 0 Å². The van der Waals surface area contributed by atoms with E-state index in [4.69, 9.17) is 0 Å². The monoisotopic (exact) mass is 254 g/mol. The number of nitrogens with zero attached hydrogens (tertiary/aromatic N) is 1. The topological polar surface area (TPSA) is 32.3 Å². The molecule has 0 aromatic carbocycles. The average molecular weight is 254 g/mol. The second-order valence-corrected chi connectivity index (χ2v) is 5.71. The fraction of sp³-hybridized carbons (Fsp3) is 0.933. The van der Waals surface area contributed by atoms with Gasteiger partial charge in [-0.15, -0.1) is 0 Å². The summed E-state index contributed by atoms with van der Waals surface area (Å²) in [5, 5.41) is 3.58. The highest BCUT2D eigenvalue weighted by atomic mass is 16.2. The maximum atomic E-state index is 12.1. The van der Waals surface area contributed by atoms with Crippen LogP contribution >= 0.6 is 0 Å². The highest BCUT2D eigenvalue weighted by Gasteiger charge is 2.22. The normalized spacial score (nSPS) is 22.9. The molecule has 1 rings (SSSR count). The Morgan fingerprint density at radius 3 is 2.78 bits per heavy atom. The molecule has 1 heterocycles. The van der Waals surface area contributed by atoms with E-state index in [0.29, 0.717) is 17.9 Å². The van der Waals surface area contributed by atoms with Crippen LogP contribution in [-0.4, -0.2) is 36.5 Å². The highest BCUT2D eigenvalue weighted by Crippen LogP contribution is 2.18. The van der Waals surface area contributed by atoms with E-state index in [1.165, 1.54) is 19.3 Å². The van der Waals surface area contributed by atoms with E-state index in [9.17, 15) is 4.79 Å². The van der Waals surface area contributed by atoms with Gasteiger partial charge in [0.15, 0.2) is 0 Å². The van der Waals surface area contributed by atoms with Crippen LogP contribution in [0.2, 0.25) is 0 Å². The smallest absolute Gasteiger partial charge is 0.222 e. The molecular formula is C15H30N2O. The zero-order chi connectivity index (χ0) is 13.4. The van der Waals surface area contributed by atoms with Crippen molar-refractivity contribution in [1.82, 2.24) is 10.2 Å². The van der Waals surface area contributed by atoms with E-state index >= 15 is 0 Å². The van der Waals surface area contributed by atoms with Gasteiger partial charge in [-0.3, -0.25) is 4.79 Å². The van der Waals surface area contributed by atoms with Crippen LogP contribution < -0.4 is 5.32 Å². The van der Waals surface area contributed by atoms with E-state index in [1.807, 2.05) is 0 Å². The Kier molecular flexibility index (Phi) is 7.33. The van der Waals surface area contributed by atoms with Crippen molar-refractivity contribution < 1.29 is 4.79 Å². The average Bonchev–Trinajstić information content (AvgIpc) is 2.51. The number of hydrogen-bond acceptors (Lipinski definition) is 2. The first-order valence-electron chi connectivity index (χ1n) is 7.68. The third kappa shape index (κ3) is 5.38. The first kappa shape index (κ1) is 15.5. The van der Waals surface area contributed by atoms with Crippen molar-refractivity contribution in [2.75, 3.05) is 19.6 Å². The van der Waals surface area contributed by atoms with Crippen molar-refractivity contribution >= 4 is 5.91 Å². The standard InChI is InChI=1S/C15H30N2O/c1-4-6-14(16-10-5-2)12-17-11-9-13(3)7-8-15(17)18/h13-14,16H,4-12H2,1-3H3. The maximum absolute atomic E-state index is 12.1. The number of likely N-dealkylation sites (tertiary alicyclic amines) is 1. The van der Waals surface area contributed by atoms with E-state index in [2.05, 4.69) is 31.0 Å². The molecule has 0 radical (unpaired) electrons. The predicted molar refractivity (Wildman–Crippen MR) is 76.6 cm³/mol. The summed E-state index contributed by atoms with van der Waals surface area (Å²) < 4.78 is 0. The molecule has 0 aromatic heterocycles. The van der Waals surface area contributed by atoms with E-state index in [0.717, 1.165) is 38.9 Å². The molecule has 106 valence electrons. The summed E-state index contributed by atoms with van der Waals surface area (Å²) in [5.74, 6) is 1.06. The molecule has 1 fully saturated rings. The highest BCUT2D eigenvalue weighted by molar-refractivity contribution is 5.76. The molecule has 1 amide bonds. The Bertz CT molecular complexity index is 243. The van der Waals surface area contributed by atoms with Crippen LogP contribution in [0.5, 0.6) is 0 Å². The van der Waals surface area contributed by atoms with Gasteiger partial charge in [0.1, 0.15) is 0 Å². The Balaban J connectivity index is 2.46. The van der Waals surface area contributed by atoms with Crippen LogP contribution in [-0.2, 0) is 4.79 Å². The second-order valence-electron chi connectivity index (χ2n) is 5.71. The fourth-order valence-corrected chi connectivity index (χ4v) is 2.59. The largest absolute Gasteiger partial charge is 0.341 e. The van der Waals surface area contributed by atoms with Gasteiger partial charge in [-0.25, -0.2) is 0 Å². The molecule has 0 spiro atoms. The van der Waals surface area contributed by atoms with Crippen molar-refractivity contribution in [3.63, 3.8) is 0 Å². The van der Waals surface area contributed by atoms with Gasteiger partial charge < -0.3 is 10.2 Å². The summed E-state index contributed by atoms with van der Waals surface area (Å²) in [5.41, 5.74) is 0. The van der Waals surface area contributed by atoms with Crippen LogP contribution in [0.4, 0.5) is 0 Å². The Morgan fingerprint density at radius 2 is 2.11 bits per heavy atom.